The molecule has 0 amide bonds. The number of Topliss-reactive ketones (excluding diaryl/α,β-unsaturated/α-hetero) is 1. The molecule has 21 heavy (non-hydrogen) atoms. The summed E-state index contributed by atoms with van der Waals surface area (Å²) in [6.45, 7) is 2.17. The minimum absolute atomic E-state index is 0.134. The lowest BCUT2D eigenvalue weighted by atomic mass is 10.0. The molecule has 4 heteroatoms. The van der Waals surface area contributed by atoms with Crippen LogP contribution in [0.25, 0.3) is 0 Å². The van der Waals surface area contributed by atoms with Crippen LogP contribution in [0.1, 0.15) is 41.6 Å². The number of hydrogen-bond acceptors (Lipinski definition) is 4. The number of aliphatic hydroxyl groups is 1. The summed E-state index contributed by atoms with van der Waals surface area (Å²) in [5, 5.41) is 9.53. The van der Waals surface area contributed by atoms with Crippen LogP contribution in [0, 0.1) is 0 Å². The van der Waals surface area contributed by atoms with Gasteiger partial charge < -0.3 is 9.84 Å². The Hall–Kier alpha value is -1.39. The highest BCUT2D eigenvalue weighted by atomic mass is 16.5. The molecule has 2 aliphatic rings. The molecule has 1 aromatic rings. The summed E-state index contributed by atoms with van der Waals surface area (Å²) >= 11 is 0. The second kappa shape index (κ2) is 6.58. The first kappa shape index (κ1) is 14.5. The van der Waals surface area contributed by atoms with Gasteiger partial charge >= 0.3 is 0 Å². The molecule has 3 rings (SSSR count). The van der Waals surface area contributed by atoms with Crippen molar-refractivity contribution < 1.29 is 14.6 Å². The smallest absolute Gasteiger partial charge is 0.176 e. The Bertz CT molecular complexity index is 515. The predicted molar refractivity (Wildman–Crippen MR) is 80.9 cm³/mol. The lowest BCUT2D eigenvalue weighted by Crippen LogP contribution is -2.40. The molecule has 0 aromatic heterocycles. The molecular weight excluding hydrogens is 266 g/mol. The predicted octanol–water partition coefficient (Wildman–Crippen LogP) is 2.04. The van der Waals surface area contributed by atoms with Crippen molar-refractivity contribution in [2.75, 3.05) is 26.3 Å². The van der Waals surface area contributed by atoms with E-state index >= 15 is 0 Å². The van der Waals surface area contributed by atoms with E-state index < -0.39 is 0 Å². The van der Waals surface area contributed by atoms with Crippen LogP contribution >= 0.6 is 0 Å². The summed E-state index contributed by atoms with van der Waals surface area (Å²) < 4.78 is 5.48. The minimum atomic E-state index is 0.134. The lowest BCUT2D eigenvalue weighted by molar-refractivity contribution is 0.0826. The minimum Gasteiger partial charge on any atom is -0.493 e. The Labute approximate surface area is 125 Å². The number of hydrogen-bond donors (Lipinski definition) is 1. The van der Waals surface area contributed by atoms with Gasteiger partial charge in [-0.3, -0.25) is 9.69 Å². The third-order valence-electron chi connectivity index (χ3n) is 4.57. The summed E-state index contributed by atoms with van der Waals surface area (Å²) in [7, 11) is 0. The maximum Gasteiger partial charge on any atom is 0.176 e. The first-order valence-electron chi connectivity index (χ1n) is 7.92. The Morgan fingerprint density at radius 3 is 3.10 bits per heavy atom. The van der Waals surface area contributed by atoms with Crippen LogP contribution in [0.2, 0.25) is 0 Å². The summed E-state index contributed by atoms with van der Waals surface area (Å²) in [4.78, 5) is 14.7. The molecule has 1 unspecified atom stereocenters. The van der Waals surface area contributed by atoms with E-state index in [9.17, 15) is 9.90 Å². The number of fused-ring (bicyclic) bond motifs is 1. The van der Waals surface area contributed by atoms with Gasteiger partial charge in [0.15, 0.2) is 5.78 Å². The van der Waals surface area contributed by atoms with Gasteiger partial charge in [-0.05, 0) is 43.1 Å². The van der Waals surface area contributed by atoms with Gasteiger partial charge in [-0.15, -0.1) is 0 Å². The van der Waals surface area contributed by atoms with Crippen LogP contribution in [-0.4, -0.2) is 48.1 Å². The topological polar surface area (TPSA) is 49.8 Å². The van der Waals surface area contributed by atoms with Gasteiger partial charge in [-0.25, -0.2) is 0 Å². The van der Waals surface area contributed by atoms with Gasteiger partial charge in [0, 0.05) is 18.0 Å². The van der Waals surface area contributed by atoms with Crippen molar-refractivity contribution in [2.45, 2.75) is 38.1 Å². The Balaban J connectivity index is 1.70. The van der Waals surface area contributed by atoms with E-state index in [2.05, 4.69) is 4.90 Å². The zero-order chi connectivity index (χ0) is 14.7. The first-order chi connectivity index (χ1) is 10.3. The molecule has 0 spiro atoms. The maximum atomic E-state index is 12.5. The number of ketones is 1. The molecular formula is C17H23NO3. The number of aliphatic hydroxyl groups excluding tert-OH is 1. The van der Waals surface area contributed by atoms with E-state index in [1.807, 2.05) is 18.2 Å². The van der Waals surface area contributed by atoms with E-state index in [0.29, 0.717) is 13.2 Å². The fourth-order valence-corrected chi connectivity index (χ4v) is 3.29. The van der Waals surface area contributed by atoms with Gasteiger partial charge in [-0.2, -0.15) is 0 Å². The monoisotopic (exact) mass is 289 g/mol. The van der Waals surface area contributed by atoms with Crippen molar-refractivity contribution in [3.8, 4) is 5.75 Å². The molecule has 1 fully saturated rings. The Morgan fingerprint density at radius 1 is 1.33 bits per heavy atom. The van der Waals surface area contributed by atoms with Gasteiger partial charge in [0.25, 0.3) is 0 Å². The molecule has 0 bridgehead atoms. The molecule has 1 atom stereocenters. The van der Waals surface area contributed by atoms with Crippen molar-refractivity contribution in [1.29, 1.82) is 0 Å². The van der Waals surface area contributed by atoms with Crippen LogP contribution in [-0.2, 0) is 6.42 Å². The second-order valence-electron chi connectivity index (χ2n) is 6.00. The molecule has 0 aliphatic carbocycles. The number of rotatable bonds is 4. The van der Waals surface area contributed by atoms with E-state index in [4.69, 9.17) is 4.74 Å². The third kappa shape index (κ3) is 3.27. The van der Waals surface area contributed by atoms with E-state index in [1.54, 1.807) is 0 Å². The van der Waals surface area contributed by atoms with Crippen LogP contribution in [0.4, 0.5) is 0 Å². The number of carbonyl (C=O) groups is 1. The lowest BCUT2D eigenvalue weighted by Gasteiger charge is -2.27. The van der Waals surface area contributed by atoms with E-state index in [0.717, 1.165) is 49.1 Å². The number of likely N-dealkylation sites (tertiary alicyclic amines) is 1. The highest BCUT2D eigenvalue weighted by Crippen LogP contribution is 2.26. The van der Waals surface area contributed by atoms with Gasteiger partial charge in [0.05, 0.1) is 19.8 Å². The van der Waals surface area contributed by atoms with Crippen molar-refractivity contribution in [1.82, 2.24) is 4.90 Å². The number of carbonyl (C=O) groups excluding carboxylic acids is 1. The molecule has 4 nitrogen and oxygen atoms in total. The quantitative estimate of drug-likeness (QED) is 0.862. The SMILES string of the molecule is O=C(CN1CCCCCC1CO)c1ccc2c(c1)CCO2. The zero-order valence-electron chi connectivity index (χ0n) is 12.4. The van der Waals surface area contributed by atoms with Crippen LogP contribution in [0.5, 0.6) is 5.75 Å². The second-order valence-corrected chi connectivity index (χ2v) is 6.00. The molecule has 114 valence electrons. The average molecular weight is 289 g/mol. The van der Waals surface area contributed by atoms with Gasteiger partial charge in [-0.1, -0.05) is 12.8 Å². The van der Waals surface area contributed by atoms with Crippen molar-refractivity contribution in [2.24, 2.45) is 0 Å². The molecule has 1 saturated heterocycles. The third-order valence-corrected chi connectivity index (χ3v) is 4.57. The average Bonchev–Trinajstić information content (AvgIpc) is 2.86. The standard InChI is InChI=1S/C17H23NO3/c19-12-15-4-2-1-3-8-18(15)11-16(20)13-5-6-17-14(10-13)7-9-21-17/h5-6,10,15,19H,1-4,7-9,11-12H2. The fraction of sp³-hybridized carbons (Fsp3) is 0.588. The van der Waals surface area contributed by atoms with Gasteiger partial charge in [0.1, 0.15) is 5.75 Å². The normalized spacial score (nSPS) is 22.4. The van der Waals surface area contributed by atoms with Crippen LogP contribution < -0.4 is 4.74 Å². The summed E-state index contributed by atoms with van der Waals surface area (Å²) in [5.74, 6) is 1.06. The van der Waals surface area contributed by atoms with Crippen LogP contribution in [0.3, 0.4) is 0 Å². The first-order valence-corrected chi connectivity index (χ1v) is 7.92. The molecule has 0 saturated carbocycles. The molecule has 1 aromatic carbocycles. The van der Waals surface area contributed by atoms with E-state index in [1.165, 1.54) is 6.42 Å². The van der Waals surface area contributed by atoms with Gasteiger partial charge in [0.2, 0.25) is 0 Å². The fourth-order valence-electron chi connectivity index (χ4n) is 3.29. The number of nitrogens with zero attached hydrogens (tertiary/aromatic N) is 1. The maximum absolute atomic E-state index is 12.5. The summed E-state index contributed by atoms with van der Waals surface area (Å²) in [5.41, 5.74) is 1.90. The molecule has 2 aliphatic heterocycles. The highest BCUT2D eigenvalue weighted by molar-refractivity contribution is 5.98. The highest BCUT2D eigenvalue weighted by Gasteiger charge is 2.23. The molecule has 2 heterocycles. The number of ether oxygens (including phenoxy) is 1. The zero-order valence-corrected chi connectivity index (χ0v) is 12.4. The van der Waals surface area contributed by atoms with Crippen molar-refractivity contribution in [3.05, 3.63) is 29.3 Å². The van der Waals surface area contributed by atoms with Crippen LogP contribution in [0.15, 0.2) is 18.2 Å². The largest absolute Gasteiger partial charge is 0.493 e. The van der Waals surface area contributed by atoms with Crippen molar-refractivity contribution >= 4 is 5.78 Å². The van der Waals surface area contributed by atoms with E-state index in [-0.39, 0.29) is 18.4 Å². The molecule has 0 radical (unpaired) electrons. The Kier molecular flexibility index (Phi) is 4.56. The summed E-state index contributed by atoms with van der Waals surface area (Å²) in [6, 6.07) is 5.87. The van der Waals surface area contributed by atoms with Crippen molar-refractivity contribution in [3.63, 3.8) is 0 Å². The summed E-state index contributed by atoms with van der Waals surface area (Å²) in [6.07, 6.45) is 5.33. The molecule has 1 N–H and O–H groups in total. The Morgan fingerprint density at radius 2 is 2.24 bits per heavy atom. The number of benzene rings is 1.